The third-order valence-corrected chi connectivity index (χ3v) is 9.57. The number of nitrogens with zero attached hydrogens (tertiary/aromatic N) is 3. The summed E-state index contributed by atoms with van der Waals surface area (Å²) in [6, 6.07) is 11.7. The molecule has 0 unspecified atom stereocenters. The standard InChI is InChI=1S/C34H37F2N3O5S/c1-5-18-45(42,43)21-23-8-12-28(35)30(31(23)36)32(40)26-11-13-29-27(26)19-24(20-37-29)22-6-9-25(10-7-22)38-14-16-39(17-15-38)33(41)44-34(2,3)4/h6-12,19-20H,5,13-18,21H2,1-4H3. The van der Waals surface area contributed by atoms with E-state index in [-0.39, 0.29) is 23.0 Å². The van der Waals surface area contributed by atoms with Gasteiger partial charge in [0.05, 0.1) is 22.8 Å². The van der Waals surface area contributed by atoms with Crippen LogP contribution in [-0.2, 0) is 26.7 Å². The lowest BCUT2D eigenvalue weighted by atomic mass is 9.95. The van der Waals surface area contributed by atoms with E-state index in [1.165, 1.54) is 0 Å². The predicted octanol–water partition coefficient (Wildman–Crippen LogP) is 6.23. The molecule has 0 radical (unpaired) electrons. The van der Waals surface area contributed by atoms with Gasteiger partial charge in [0.15, 0.2) is 15.6 Å². The predicted molar refractivity (Wildman–Crippen MR) is 170 cm³/mol. The maximum atomic E-state index is 15.4. The molecule has 0 saturated carbocycles. The van der Waals surface area contributed by atoms with Crippen molar-refractivity contribution in [3.8, 4) is 11.1 Å². The van der Waals surface area contributed by atoms with Gasteiger partial charge in [0.1, 0.15) is 17.2 Å². The molecule has 2 heterocycles. The van der Waals surface area contributed by atoms with E-state index in [0.29, 0.717) is 50.3 Å². The van der Waals surface area contributed by atoms with Crippen molar-refractivity contribution in [3.05, 3.63) is 88.8 Å². The molecule has 238 valence electrons. The van der Waals surface area contributed by atoms with Crippen molar-refractivity contribution in [1.29, 1.82) is 0 Å². The Morgan fingerprint density at radius 1 is 0.978 bits per heavy atom. The van der Waals surface area contributed by atoms with E-state index in [1.807, 2.05) is 45.0 Å². The van der Waals surface area contributed by atoms with Crippen LogP contribution >= 0.6 is 0 Å². The van der Waals surface area contributed by atoms with Crippen LogP contribution in [-0.4, -0.2) is 67.7 Å². The summed E-state index contributed by atoms with van der Waals surface area (Å²) >= 11 is 0. The zero-order valence-electron chi connectivity index (χ0n) is 25.9. The molecule has 0 bridgehead atoms. The minimum Gasteiger partial charge on any atom is -0.444 e. The second-order valence-corrected chi connectivity index (χ2v) is 14.5. The molecule has 11 heteroatoms. The average Bonchev–Trinajstić information content (AvgIpc) is 3.41. The number of hydrogen-bond donors (Lipinski definition) is 0. The molecule has 1 amide bonds. The highest BCUT2D eigenvalue weighted by Crippen LogP contribution is 2.34. The molecule has 1 fully saturated rings. The summed E-state index contributed by atoms with van der Waals surface area (Å²) in [5, 5.41) is 0. The normalized spacial score (nSPS) is 15.1. The number of ether oxygens (including phenoxy) is 1. The Morgan fingerprint density at radius 2 is 1.67 bits per heavy atom. The van der Waals surface area contributed by atoms with Crippen LogP contribution in [0, 0.1) is 11.6 Å². The van der Waals surface area contributed by atoms with Crippen LogP contribution in [0.3, 0.4) is 0 Å². The highest BCUT2D eigenvalue weighted by atomic mass is 32.2. The second-order valence-electron chi connectivity index (χ2n) is 12.4. The van der Waals surface area contributed by atoms with E-state index in [0.717, 1.165) is 28.9 Å². The van der Waals surface area contributed by atoms with Crippen LogP contribution < -0.4 is 4.90 Å². The SMILES string of the molecule is CCCS(=O)(=O)Cc1ccc(F)c(C(=O)C2=CCc3ncc(-c4ccc(N5CCN(C(=O)OC(C)(C)C)CC5)cc4)cc32)c1F. The first-order valence-corrected chi connectivity index (χ1v) is 16.8. The molecule has 1 aromatic heterocycles. The highest BCUT2D eigenvalue weighted by Gasteiger charge is 2.30. The molecule has 0 spiro atoms. The van der Waals surface area contributed by atoms with Gasteiger partial charge in [0.2, 0.25) is 0 Å². The Hall–Kier alpha value is -4.12. The summed E-state index contributed by atoms with van der Waals surface area (Å²) in [6.07, 6.45) is 3.69. The number of aromatic nitrogens is 1. The zero-order chi connectivity index (χ0) is 32.5. The van der Waals surface area contributed by atoms with E-state index in [9.17, 15) is 22.4 Å². The molecular formula is C34H37F2N3O5S. The largest absolute Gasteiger partial charge is 0.444 e. The topological polar surface area (TPSA) is 96.9 Å². The average molecular weight is 638 g/mol. The van der Waals surface area contributed by atoms with E-state index in [1.54, 1.807) is 30.2 Å². The van der Waals surface area contributed by atoms with Crippen molar-refractivity contribution in [2.24, 2.45) is 0 Å². The number of allylic oxidation sites excluding steroid dienone is 2. The zero-order valence-corrected chi connectivity index (χ0v) is 26.7. The molecular weight excluding hydrogens is 600 g/mol. The summed E-state index contributed by atoms with van der Waals surface area (Å²) in [5.41, 5.74) is 2.27. The summed E-state index contributed by atoms with van der Waals surface area (Å²) in [6.45, 7) is 9.66. The van der Waals surface area contributed by atoms with Gasteiger partial charge in [0.25, 0.3) is 0 Å². The molecule has 1 aliphatic heterocycles. The summed E-state index contributed by atoms with van der Waals surface area (Å²) < 4.78 is 60.4. The first kappa shape index (κ1) is 32.3. The van der Waals surface area contributed by atoms with E-state index >= 15 is 4.39 Å². The van der Waals surface area contributed by atoms with Gasteiger partial charge >= 0.3 is 6.09 Å². The maximum absolute atomic E-state index is 15.4. The van der Waals surface area contributed by atoms with Crippen molar-refractivity contribution < 1.29 is 31.5 Å². The lowest BCUT2D eigenvalue weighted by Gasteiger charge is -2.36. The van der Waals surface area contributed by atoms with Crippen molar-refractivity contribution in [3.63, 3.8) is 0 Å². The number of rotatable bonds is 8. The molecule has 1 aliphatic carbocycles. The van der Waals surface area contributed by atoms with Crippen LogP contribution in [0.15, 0.2) is 54.7 Å². The number of hydrogen-bond acceptors (Lipinski definition) is 7. The Labute approximate surface area is 262 Å². The van der Waals surface area contributed by atoms with Crippen molar-refractivity contribution in [1.82, 2.24) is 9.88 Å². The maximum Gasteiger partial charge on any atom is 0.410 e. The van der Waals surface area contributed by atoms with Gasteiger partial charge in [-0.05, 0) is 57.0 Å². The van der Waals surface area contributed by atoms with Gasteiger partial charge in [-0.3, -0.25) is 9.78 Å². The van der Waals surface area contributed by atoms with E-state index in [2.05, 4.69) is 9.88 Å². The fourth-order valence-electron chi connectivity index (χ4n) is 5.58. The number of Topliss-reactive ketones (excluding diaryl/α,β-unsaturated/α-hetero) is 1. The van der Waals surface area contributed by atoms with Crippen LogP contribution in [0.2, 0.25) is 0 Å². The van der Waals surface area contributed by atoms with Gasteiger partial charge in [-0.25, -0.2) is 22.0 Å². The number of amides is 1. The Morgan fingerprint density at radius 3 is 2.31 bits per heavy atom. The molecule has 2 aliphatic rings. The van der Waals surface area contributed by atoms with Crippen molar-refractivity contribution in [2.75, 3.05) is 36.8 Å². The number of pyridine rings is 1. The second kappa shape index (κ2) is 12.7. The van der Waals surface area contributed by atoms with Gasteiger partial charge in [0, 0.05) is 66.7 Å². The van der Waals surface area contributed by atoms with Gasteiger partial charge in [-0.1, -0.05) is 31.2 Å². The van der Waals surface area contributed by atoms with Crippen molar-refractivity contribution in [2.45, 2.75) is 51.9 Å². The molecule has 0 atom stereocenters. The molecule has 1 saturated heterocycles. The minimum atomic E-state index is -3.61. The first-order valence-electron chi connectivity index (χ1n) is 15.0. The van der Waals surface area contributed by atoms with Gasteiger partial charge in [-0.2, -0.15) is 0 Å². The fourth-order valence-corrected chi connectivity index (χ4v) is 7.04. The number of halogens is 2. The fraction of sp³-hybridized carbons (Fsp3) is 0.382. The van der Waals surface area contributed by atoms with Gasteiger partial charge < -0.3 is 14.5 Å². The number of anilines is 1. The first-order chi connectivity index (χ1) is 21.3. The summed E-state index contributed by atoms with van der Waals surface area (Å²) in [5.74, 6) is -3.79. The Bertz CT molecular complexity index is 1760. The summed E-state index contributed by atoms with van der Waals surface area (Å²) in [4.78, 5) is 34.4. The number of carbonyl (C=O) groups is 2. The molecule has 8 nitrogen and oxygen atoms in total. The molecule has 5 rings (SSSR count). The lowest BCUT2D eigenvalue weighted by molar-refractivity contribution is 0.0240. The smallest absolute Gasteiger partial charge is 0.410 e. The number of sulfone groups is 1. The molecule has 0 N–H and O–H groups in total. The number of fused-ring (bicyclic) bond motifs is 1. The number of piperazine rings is 1. The Kier molecular flexibility index (Phi) is 9.11. The quantitative estimate of drug-likeness (QED) is 0.270. The van der Waals surface area contributed by atoms with E-state index in [4.69, 9.17) is 4.74 Å². The van der Waals surface area contributed by atoms with Crippen LogP contribution in [0.4, 0.5) is 19.3 Å². The third kappa shape index (κ3) is 7.24. The van der Waals surface area contributed by atoms with Crippen LogP contribution in [0.5, 0.6) is 0 Å². The number of ketones is 1. The summed E-state index contributed by atoms with van der Waals surface area (Å²) in [7, 11) is -3.61. The number of carbonyl (C=O) groups excluding carboxylic acids is 2. The highest BCUT2D eigenvalue weighted by molar-refractivity contribution is 7.90. The monoisotopic (exact) mass is 637 g/mol. The van der Waals surface area contributed by atoms with Crippen molar-refractivity contribution >= 4 is 33.0 Å². The lowest BCUT2D eigenvalue weighted by Crippen LogP contribution is -2.50. The van der Waals surface area contributed by atoms with Crippen LogP contribution in [0.25, 0.3) is 16.7 Å². The minimum absolute atomic E-state index is 0.130. The third-order valence-electron chi connectivity index (χ3n) is 7.79. The number of benzene rings is 2. The molecule has 45 heavy (non-hydrogen) atoms. The van der Waals surface area contributed by atoms with Crippen LogP contribution in [0.1, 0.15) is 61.3 Å². The van der Waals surface area contributed by atoms with Gasteiger partial charge in [-0.15, -0.1) is 0 Å². The molecule has 3 aromatic rings. The van der Waals surface area contributed by atoms with E-state index < -0.39 is 44.2 Å². The Balaban J connectivity index is 1.32. The molecule has 2 aromatic carbocycles.